The third kappa shape index (κ3) is 4.38. The molecule has 0 aliphatic rings. The lowest BCUT2D eigenvalue weighted by atomic mass is 10.2. The number of nitrogens with one attached hydrogen (secondary N) is 2. The molecule has 0 radical (unpaired) electrons. The number of carbonyl (C=O) groups excluding carboxylic acids is 1. The molecule has 7 heteroatoms. The van der Waals surface area contributed by atoms with Crippen LogP contribution in [0.4, 0.5) is 26.0 Å². The first-order chi connectivity index (χ1) is 13.0. The van der Waals surface area contributed by atoms with Crippen molar-refractivity contribution >= 4 is 23.1 Å². The molecule has 0 atom stereocenters. The average molecular weight is 369 g/mol. The number of pyridine rings is 1. The largest absolute Gasteiger partial charge is 0.495 e. The molecule has 138 valence electrons. The van der Waals surface area contributed by atoms with Gasteiger partial charge in [0.25, 0.3) is 5.91 Å². The second-order valence-corrected chi connectivity index (χ2v) is 5.84. The number of hydrogen-bond donors (Lipinski definition) is 2. The van der Waals surface area contributed by atoms with Crippen molar-refractivity contribution in [3.63, 3.8) is 0 Å². The Morgan fingerprint density at radius 3 is 2.52 bits per heavy atom. The van der Waals surface area contributed by atoms with Gasteiger partial charge in [-0.25, -0.2) is 13.8 Å². The molecule has 0 aliphatic heterocycles. The smallest absolute Gasteiger partial charge is 0.255 e. The summed E-state index contributed by atoms with van der Waals surface area (Å²) in [4.78, 5) is 16.4. The fourth-order valence-electron chi connectivity index (χ4n) is 2.44. The van der Waals surface area contributed by atoms with E-state index in [1.54, 1.807) is 19.2 Å². The van der Waals surface area contributed by atoms with Crippen LogP contribution < -0.4 is 15.4 Å². The van der Waals surface area contributed by atoms with Crippen molar-refractivity contribution in [2.75, 3.05) is 17.7 Å². The van der Waals surface area contributed by atoms with Gasteiger partial charge in [-0.2, -0.15) is 0 Å². The summed E-state index contributed by atoms with van der Waals surface area (Å²) in [5, 5.41) is 5.73. The van der Waals surface area contributed by atoms with Crippen LogP contribution in [0.1, 0.15) is 15.9 Å². The molecule has 0 fully saturated rings. The second-order valence-electron chi connectivity index (χ2n) is 5.84. The summed E-state index contributed by atoms with van der Waals surface area (Å²) in [5.74, 6) is -1.40. The van der Waals surface area contributed by atoms with Crippen molar-refractivity contribution in [1.82, 2.24) is 4.98 Å². The predicted octanol–water partition coefficient (Wildman–Crippen LogP) is 4.67. The molecule has 0 saturated carbocycles. The van der Waals surface area contributed by atoms with E-state index in [-0.39, 0.29) is 5.56 Å². The van der Waals surface area contributed by atoms with Crippen LogP contribution in [0, 0.1) is 18.6 Å². The van der Waals surface area contributed by atoms with Crippen molar-refractivity contribution < 1.29 is 18.3 Å². The zero-order valence-electron chi connectivity index (χ0n) is 14.7. The maximum Gasteiger partial charge on any atom is 0.255 e. The topological polar surface area (TPSA) is 63.2 Å². The van der Waals surface area contributed by atoms with E-state index < -0.39 is 17.5 Å². The maximum absolute atomic E-state index is 13.2. The first kappa shape index (κ1) is 18.3. The third-order valence-corrected chi connectivity index (χ3v) is 3.82. The summed E-state index contributed by atoms with van der Waals surface area (Å²) >= 11 is 0. The van der Waals surface area contributed by atoms with E-state index in [1.165, 1.54) is 12.3 Å². The van der Waals surface area contributed by atoms with Gasteiger partial charge in [0.05, 0.1) is 24.7 Å². The third-order valence-electron chi connectivity index (χ3n) is 3.82. The number of hydrogen-bond acceptors (Lipinski definition) is 4. The van der Waals surface area contributed by atoms with Gasteiger partial charge < -0.3 is 15.4 Å². The van der Waals surface area contributed by atoms with Gasteiger partial charge in [0.2, 0.25) is 0 Å². The van der Waals surface area contributed by atoms with Crippen molar-refractivity contribution in [3.05, 3.63) is 77.5 Å². The number of nitrogens with zero attached hydrogens (tertiary/aromatic N) is 1. The lowest BCUT2D eigenvalue weighted by molar-refractivity contribution is 0.102. The van der Waals surface area contributed by atoms with Gasteiger partial charge in [0.1, 0.15) is 11.6 Å². The Morgan fingerprint density at radius 2 is 1.85 bits per heavy atom. The molecule has 2 N–H and O–H groups in total. The summed E-state index contributed by atoms with van der Waals surface area (Å²) in [6.07, 6.45) is 1.46. The van der Waals surface area contributed by atoms with E-state index in [0.29, 0.717) is 17.3 Å². The van der Waals surface area contributed by atoms with Gasteiger partial charge in [-0.15, -0.1) is 0 Å². The van der Waals surface area contributed by atoms with Crippen LogP contribution in [0.25, 0.3) is 0 Å². The Labute approximate surface area is 155 Å². The minimum atomic E-state index is -1.08. The van der Waals surface area contributed by atoms with Crippen molar-refractivity contribution in [3.8, 4) is 5.75 Å². The fourth-order valence-corrected chi connectivity index (χ4v) is 2.44. The van der Waals surface area contributed by atoms with Gasteiger partial charge in [-0.1, -0.05) is 6.07 Å². The molecule has 1 amide bonds. The molecule has 3 aromatic rings. The molecule has 5 nitrogen and oxygen atoms in total. The van der Waals surface area contributed by atoms with Crippen LogP contribution in [0.3, 0.4) is 0 Å². The van der Waals surface area contributed by atoms with Crippen LogP contribution in [-0.4, -0.2) is 18.0 Å². The summed E-state index contributed by atoms with van der Waals surface area (Å²) < 4.78 is 31.5. The number of anilines is 3. The Morgan fingerprint density at radius 1 is 1.04 bits per heavy atom. The van der Waals surface area contributed by atoms with E-state index in [0.717, 1.165) is 23.4 Å². The quantitative estimate of drug-likeness (QED) is 0.686. The first-order valence-electron chi connectivity index (χ1n) is 8.10. The van der Waals surface area contributed by atoms with E-state index in [1.807, 2.05) is 25.1 Å². The van der Waals surface area contributed by atoms with Gasteiger partial charge in [-0.05, 0) is 55.0 Å². The van der Waals surface area contributed by atoms with Crippen LogP contribution >= 0.6 is 0 Å². The SMILES string of the molecule is COc1ccc(C)cc1Nc1ccc(NC(=O)c2ccc(F)c(F)c2)cn1. The van der Waals surface area contributed by atoms with Gasteiger partial charge in [0.15, 0.2) is 11.6 Å². The molecular weight excluding hydrogens is 352 g/mol. The van der Waals surface area contributed by atoms with Crippen LogP contribution in [0.2, 0.25) is 0 Å². The number of ether oxygens (including phenoxy) is 1. The maximum atomic E-state index is 13.2. The average Bonchev–Trinajstić information content (AvgIpc) is 2.65. The van der Waals surface area contributed by atoms with Gasteiger partial charge >= 0.3 is 0 Å². The molecular formula is C20H17F2N3O2. The zero-order chi connectivity index (χ0) is 19.4. The van der Waals surface area contributed by atoms with E-state index in [4.69, 9.17) is 4.74 Å². The number of benzene rings is 2. The molecule has 0 spiro atoms. The zero-order valence-corrected chi connectivity index (χ0v) is 14.7. The minimum Gasteiger partial charge on any atom is -0.495 e. The molecule has 0 saturated heterocycles. The second kappa shape index (κ2) is 7.82. The van der Waals surface area contributed by atoms with E-state index in [2.05, 4.69) is 15.6 Å². The number of aromatic nitrogens is 1. The highest BCUT2D eigenvalue weighted by atomic mass is 19.2. The molecule has 3 rings (SSSR count). The first-order valence-corrected chi connectivity index (χ1v) is 8.10. The van der Waals surface area contributed by atoms with Gasteiger partial charge in [0, 0.05) is 5.56 Å². The fraction of sp³-hybridized carbons (Fsp3) is 0.100. The van der Waals surface area contributed by atoms with Crippen molar-refractivity contribution in [2.24, 2.45) is 0 Å². The summed E-state index contributed by atoms with van der Waals surface area (Å²) in [5.41, 5.74) is 2.27. The molecule has 27 heavy (non-hydrogen) atoms. The molecule has 0 aliphatic carbocycles. The lowest BCUT2D eigenvalue weighted by Crippen LogP contribution is -2.12. The number of rotatable bonds is 5. The normalized spacial score (nSPS) is 10.4. The highest BCUT2D eigenvalue weighted by molar-refractivity contribution is 6.04. The van der Waals surface area contributed by atoms with Crippen LogP contribution in [0.5, 0.6) is 5.75 Å². The minimum absolute atomic E-state index is 0.0144. The Kier molecular flexibility index (Phi) is 5.30. The molecule has 0 unspecified atom stereocenters. The lowest BCUT2D eigenvalue weighted by Gasteiger charge is -2.12. The summed E-state index contributed by atoms with van der Waals surface area (Å²) in [6.45, 7) is 1.97. The molecule has 0 bridgehead atoms. The molecule has 1 heterocycles. The number of halogens is 2. The highest BCUT2D eigenvalue weighted by Gasteiger charge is 2.10. The Balaban J connectivity index is 1.71. The molecule has 1 aromatic heterocycles. The van der Waals surface area contributed by atoms with Crippen LogP contribution in [0.15, 0.2) is 54.7 Å². The van der Waals surface area contributed by atoms with Crippen LogP contribution in [-0.2, 0) is 0 Å². The van der Waals surface area contributed by atoms with Crippen molar-refractivity contribution in [2.45, 2.75) is 6.92 Å². The number of methoxy groups -OCH3 is 1. The highest BCUT2D eigenvalue weighted by Crippen LogP contribution is 2.28. The van der Waals surface area contributed by atoms with Gasteiger partial charge in [-0.3, -0.25) is 4.79 Å². The monoisotopic (exact) mass is 369 g/mol. The predicted molar refractivity (Wildman–Crippen MR) is 99.6 cm³/mol. The Hall–Kier alpha value is -3.48. The number of carbonyl (C=O) groups is 1. The van der Waals surface area contributed by atoms with Crippen molar-refractivity contribution in [1.29, 1.82) is 0 Å². The number of amides is 1. The summed E-state index contributed by atoms with van der Waals surface area (Å²) in [6, 6.07) is 12.0. The standard InChI is InChI=1S/C20H17F2N3O2/c1-12-3-7-18(27-2)17(9-12)25-19-8-5-14(11-23-19)24-20(26)13-4-6-15(21)16(22)10-13/h3-11H,1-2H3,(H,23,25)(H,24,26). The summed E-state index contributed by atoms with van der Waals surface area (Å²) in [7, 11) is 1.58. The number of aryl methyl sites for hydroxylation is 1. The van der Waals surface area contributed by atoms with E-state index >= 15 is 0 Å². The Bertz CT molecular complexity index is 975. The van der Waals surface area contributed by atoms with E-state index in [9.17, 15) is 13.6 Å². The molecule has 2 aromatic carbocycles.